The fourth-order valence-corrected chi connectivity index (χ4v) is 1.33. The van der Waals surface area contributed by atoms with Crippen molar-refractivity contribution in [1.82, 2.24) is 5.32 Å². The predicted molar refractivity (Wildman–Crippen MR) is 65.3 cm³/mol. The van der Waals surface area contributed by atoms with Crippen LogP contribution in [0.2, 0.25) is 0 Å². The zero-order chi connectivity index (χ0) is 13.8. The van der Waals surface area contributed by atoms with Crippen LogP contribution in [-0.4, -0.2) is 23.9 Å². The Balaban J connectivity index is 2.92. The fourth-order valence-electron chi connectivity index (χ4n) is 1.26. The maximum atomic E-state index is 12.2. The van der Waals surface area contributed by atoms with Crippen molar-refractivity contribution in [1.29, 1.82) is 0 Å². The van der Waals surface area contributed by atoms with Crippen molar-refractivity contribution < 1.29 is 18.3 Å². The molecule has 0 saturated heterocycles. The first-order chi connectivity index (χ1) is 8.35. The predicted octanol–water partition coefficient (Wildman–Crippen LogP) is 3.04. The van der Waals surface area contributed by atoms with Gasteiger partial charge in [-0.15, -0.1) is 11.6 Å². The number of nitrogens with one attached hydrogen (secondary N) is 1. The van der Waals surface area contributed by atoms with Crippen molar-refractivity contribution in [2.24, 2.45) is 0 Å². The first-order valence-corrected chi connectivity index (χ1v) is 5.81. The average molecular weight is 278 g/mol. The molecule has 0 unspecified atom stereocenters. The van der Waals surface area contributed by atoms with Crippen molar-refractivity contribution in [3.8, 4) is 5.75 Å². The first kappa shape index (κ1) is 14.7. The molecule has 1 aromatic carbocycles. The second-order valence-corrected chi connectivity index (χ2v) is 4.61. The van der Waals surface area contributed by atoms with E-state index >= 15 is 0 Å². The summed E-state index contributed by atoms with van der Waals surface area (Å²) in [6, 6.07) is 5.81. The molecule has 100 valence electrons. The Morgan fingerprint density at radius 1 is 1.44 bits per heavy atom. The molecule has 0 bridgehead atoms. The molecule has 0 aliphatic heterocycles. The summed E-state index contributed by atoms with van der Waals surface area (Å²) in [7, 11) is 0. The average Bonchev–Trinajstić information content (AvgIpc) is 2.28. The third kappa shape index (κ3) is 4.14. The minimum Gasteiger partial charge on any atom is -0.434 e. The molecule has 18 heavy (non-hydrogen) atoms. The van der Waals surface area contributed by atoms with E-state index in [0.717, 1.165) is 0 Å². The number of amides is 1. The van der Waals surface area contributed by atoms with Crippen molar-refractivity contribution in [2.45, 2.75) is 26.0 Å². The number of rotatable bonds is 5. The van der Waals surface area contributed by atoms with Gasteiger partial charge in [0.25, 0.3) is 5.91 Å². The topological polar surface area (TPSA) is 38.3 Å². The van der Waals surface area contributed by atoms with E-state index < -0.39 is 18.1 Å². The molecule has 0 heterocycles. The third-order valence-electron chi connectivity index (χ3n) is 2.13. The molecule has 3 nitrogen and oxygen atoms in total. The van der Waals surface area contributed by atoms with Crippen molar-refractivity contribution in [2.75, 3.05) is 5.88 Å². The van der Waals surface area contributed by atoms with Gasteiger partial charge in [-0.1, -0.05) is 12.1 Å². The Bertz CT molecular complexity index is 424. The van der Waals surface area contributed by atoms with Crippen LogP contribution in [0.25, 0.3) is 0 Å². The van der Waals surface area contributed by atoms with E-state index in [4.69, 9.17) is 11.6 Å². The van der Waals surface area contributed by atoms with Gasteiger partial charge in [0.15, 0.2) is 0 Å². The molecule has 0 aliphatic rings. The lowest BCUT2D eigenvalue weighted by molar-refractivity contribution is -0.0501. The maximum Gasteiger partial charge on any atom is 0.387 e. The Morgan fingerprint density at radius 2 is 2.06 bits per heavy atom. The number of ether oxygens (including phenoxy) is 1. The van der Waals surface area contributed by atoms with Crippen molar-refractivity contribution >= 4 is 17.5 Å². The minimum absolute atomic E-state index is 0.0518. The van der Waals surface area contributed by atoms with Gasteiger partial charge >= 0.3 is 6.61 Å². The Labute approximate surface area is 109 Å². The van der Waals surface area contributed by atoms with Gasteiger partial charge in [-0.05, 0) is 26.0 Å². The Hall–Kier alpha value is -1.36. The van der Waals surface area contributed by atoms with Crippen LogP contribution in [0.4, 0.5) is 8.78 Å². The number of halogens is 3. The molecule has 1 N–H and O–H groups in total. The lowest BCUT2D eigenvalue weighted by Crippen LogP contribution is -2.45. The highest BCUT2D eigenvalue weighted by molar-refractivity contribution is 6.18. The van der Waals surface area contributed by atoms with Crippen LogP contribution < -0.4 is 10.1 Å². The summed E-state index contributed by atoms with van der Waals surface area (Å²) in [6.07, 6.45) is 0. The van der Waals surface area contributed by atoms with E-state index in [0.29, 0.717) is 0 Å². The van der Waals surface area contributed by atoms with Crippen LogP contribution in [-0.2, 0) is 0 Å². The largest absolute Gasteiger partial charge is 0.434 e. The van der Waals surface area contributed by atoms with Crippen LogP contribution in [0.15, 0.2) is 24.3 Å². The summed E-state index contributed by atoms with van der Waals surface area (Å²) in [4.78, 5) is 11.9. The Morgan fingerprint density at radius 3 is 2.61 bits per heavy atom. The van der Waals surface area contributed by atoms with Crippen LogP contribution >= 0.6 is 11.6 Å². The van der Waals surface area contributed by atoms with Gasteiger partial charge < -0.3 is 10.1 Å². The summed E-state index contributed by atoms with van der Waals surface area (Å²) in [5.41, 5.74) is -0.577. The molecule has 0 spiro atoms. The summed E-state index contributed by atoms with van der Waals surface area (Å²) < 4.78 is 28.7. The zero-order valence-corrected chi connectivity index (χ0v) is 10.8. The van der Waals surface area contributed by atoms with Gasteiger partial charge in [-0.2, -0.15) is 8.78 Å². The van der Waals surface area contributed by atoms with Gasteiger partial charge in [-0.3, -0.25) is 4.79 Å². The van der Waals surface area contributed by atoms with E-state index in [1.165, 1.54) is 18.2 Å². The summed E-state index contributed by atoms with van der Waals surface area (Å²) in [5.74, 6) is -0.455. The Kier molecular flexibility index (Phi) is 4.90. The van der Waals surface area contributed by atoms with E-state index in [1.54, 1.807) is 19.9 Å². The lowest BCUT2D eigenvalue weighted by atomic mass is 10.1. The molecule has 0 aliphatic carbocycles. The normalized spacial score (nSPS) is 11.4. The van der Waals surface area contributed by atoms with Gasteiger partial charge in [0.2, 0.25) is 0 Å². The smallest absolute Gasteiger partial charge is 0.387 e. The molecule has 0 fully saturated rings. The quantitative estimate of drug-likeness (QED) is 0.840. The molecular formula is C12H14ClF2NO2. The highest BCUT2D eigenvalue weighted by Crippen LogP contribution is 2.21. The van der Waals surface area contributed by atoms with Crippen LogP contribution in [0, 0.1) is 0 Å². The standard InChI is InChI=1S/C12H14ClF2NO2/c1-12(2,7-13)16-10(17)8-5-3-4-6-9(8)18-11(14)15/h3-6,11H,7H2,1-2H3,(H,16,17). The molecule has 1 amide bonds. The highest BCUT2D eigenvalue weighted by Gasteiger charge is 2.22. The van der Waals surface area contributed by atoms with Gasteiger partial charge in [-0.25, -0.2) is 0 Å². The number of hydrogen-bond acceptors (Lipinski definition) is 2. The van der Waals surface area contributed by atoms with Crippen LogP contribution in [0.1, 0.15) is 24.2 Å². The molecule has 0 saturated carbocycles. The molecule has 1 rings (SSSR count). The van der Waals surface area contributed by atoms with Gasteiger partial charge in [0.05, 0.1) is 5.56 Å². The van der Waals surface area contributed by atoms with Crippen molar-refractivity contribution in [3.63, 3.8) is 0 Å². The summed E-state index contributed by atoms with van der Waals surface area (Å²) >= 11 is 5.68. The van der Waals surface area contributed by atoms with Gasteiger partial charge in [0.1, 0.15) is 5.75 Å². The van der Waals surface area contributed by atoms with Gasteiger partial charge in [0, 0.05) is 11.4 Å². The molecule has 6 heteroatoms. The summed E-state index contributed by atoms with van der Waals surface area (Å²) in [5, 5.41) is 2.64. The van der Waals surface area contributed by atoms with E-state index in [9.17, 15) is 13.6 Å². The van der Waals surface area contributed by atoms with E-state index in [-0.39, 0.29) is 17.2 Å². The second kappa shape index (κ2) is 6.00. The zero-order valence-electron chi connectivity index (χ0n) is 10.0. The maximum absolute atomic E-state index is 12.2. The third-order valence-corrected chi connectivity index (χ3v) is 2.80. The molecule has 0 radical (unpaired) electrons. The number of benzene rings is 1. The van der Waals surface area contributed by atoms with Crippen molar-refractivity contribution in [3.05, 3.63) is 29.8 Å². The minimum atomic E-state index is -2.97. The molecule has 0 aromatic heterocycles. The first-order valence-electron chi connectivity index (χ1n) is 5.28. The van der Waals surface area contributed by atoms with Crippen LogP contribution in [0.5, 0.6) is 5.75 Å². The van der Waals surface area contributed by atoms with E-state index in [1.807, 2.05) is 0 Å². The van der Waals surface area contributed by atoms with E-state index in [2.05, 4.69) is 10.1 Å². The fraction of sp³-hybridized carbons (Fsp3) is 0.417. The highest BCUT2D eigenvalue weighted by atomic mass is 35.5. The second-order valence-electron chi connectivity index (χ2n) is 4.35. The number of hydrogen-bond donors (Lipinski definition) is 1. The number of para-hydroxylation sites is 1. The van der Waals surface area contributed by atoms with Crippen LogP contribution in [0.3, 0.4) is 0 Å². The number of carbonyl (C=O) groups is 1. The SMILES string of the molecule is CC(C)(CCl)NC(=O)c1ccccc1OC(F)F. The molecule has 0 atom stereocenters. The number of alkyl halides is 3. The summed E-state index contributed by atoms with van der Waals surface area (Å²) in [6.45, 7) is 0.489. The number of carbonyl (C=O) groups excluding carboxylic acids is 1. The monoisotopic (exact) mass is 277 g/mol. The molecule has 1 aromatic rings. The lowest BCUT2D eigenvalue weighted by Gasteiger charge is -2.23. The molecular weight excluding hydrogens is 264 g/mol.